The largest absolute Gasteiger partial charge is 0.480 e. The summed E-state index contributed by atoms with van der Waals surface area (Å²) in [7, 11) is 1.70. The predicted molar refractivity (Wildman–Crippen MR) is 65.9 cm³/mol. The van der Waals surface area contributed by atoms with E-state index in [1.54, 1.807) is 11.9 Å². The Hall–Kier alpha value is -1.39. The van der Waals surface area contributed by atoms with Crippen molar-refractivity contribution in [2.24, 2.45) is 0 Å². The van der Waals surface area contributed by atoms with E-state index in [1.165, 1.54) is 5.56 Å². The van der Waals surface area contributed by atoms with E-state index in [1.807, 2.05) is 24.3 Å². The number of hydrogen-bond donors (Lipinski definition) is 2. The number of aliphatic carboxylic acids is 1. The second-order valence-electron chi connectivity index (χ2n) is 4.04. The molecule has 0 fully saturated rings. The minimum Gasteiger partial charge on any atom is -0.480 e. The summed E-state index contributed by atoms with van der Waals surface area (Å²) < 4.78 is 0. The Bertz CT molecular complexity index is 361. The van der Waals surface area contributed by atoms with Crippen LogP contribution in [0.1, 0.15) is 24.1 Å². The molecule has 2 N–H and O–H groups in total. The molecule has 0 radical (unpaired) electrons. The first-order valence-electron chi connectivity index (χ1n) is 5.72. The van der Waals surface area contributed by atoms with E-state index < -0.39 is 12.0 Å². The molecule has 0 spiro atoms. The Morgan fingerprint density at radius 1 is 1.35 bits per heavy atom. The second kappa shape index (κ2) is 6.37. The van der Waals surface area contributed by atoms with Gasteiger partial charge in [0.15, 0.2) is 0 Å². The highest BCUT2D eigenvalue weighted by atomic mass is 16.4. The SMILES string of the molecule is CCc1ccc(C(C(=O)O)N(C)CCO)cc1. The van der Waals surface area contributed by atoms with E-state index in [0.29, 0.717) is 6.54 Å². The number of aliphatic hydroxyl groups is 1. The maximum atomic E-state index is 11.2. The number of carbonyl (C=O) groups is 1. The Kier molecular flexibility index (Phi) is 5.12. The van der Waals surface area contributed by atoms with E-state index in [-0.39, 0.29) is 6.61 Å². The van der Waals surface area contributed by atoms with E-state index in [2.05, 4.69) is 6.92 Å². The van der Waals surface area contributed by atoms with Crippen molar-refractivity contribution in [3.63, 3.8) is 0 Å². The summed E-state index contributed by atoms with van der Waals surface area (Å²) in [4.78, 5) is 12.9. The van der Waals surface area contributed by atoms with Crippen LogP contribution in [0, 0.1) is 0 Å². The number of rotatable bonds is 6. The number of nitrogens with zero attached hydrogens (tertiary/aromatic N) is 1. The first-order chi connectivity index (χ1) is 8.10. The van der Waals surface area contributed by atoms with Gasteiger partial charge < -0.3 is 10.2 Å². The zero-order valence-electron chi connectivity index (χ0n) is 10.3. The molecule has 0 saturated heterocycles. The summed E-state index contributed by atoms with van der Waals surface area (Å²) in [6.07, 6.45) is 0.935. The fourth-order valence-corrected chi connectivity index (χ4v) is 1.81. The van der Waals surface area contributed by atoms with Crippen LogP contribution in [0.4, 0.5) is 0 Å². The van der Waals surface area contributed by atoms with Gasteiger partial charge in [0.25, 0.3) is 0 Å². The molecular formula is C13H19NO3. The van der Waals surface area contributed by atoms with Crippen molar-refractivity contribution in [2.75, 3.05) is 20.2 Å². The van der Waals surface area contributed by atoms with Gasteiger partial charge in [0, 0.05) is 6.54 Å². The third-order valence-corrected chi connectivity index (χ3v) is 2.83. The normalized spacial score (nSPS) is 12.7. The molecule has 0 heterocycles. The molecule has 0 aliphatic carbocycles. The minimum absolute atomic E-state index is 0.0483. The van der Waals surface area contributed by atoms with Gasteiger partial charge in [-0.1, -0.05) is 31.2 Å². The van der Waals surface area contributed by atoms with Gasteiger partial charge in [0.2, 0.25) is 0 Å². The molecule has 1 unspecified atom stereocenters. The highest BCUT2D eigenvalue weighted by Crippen LogP contribution is 2.20. The molecule has 0 aliphatic heterocycles. The Labute approximate surface area is 101 Å². The van der Waals surface area contributed by atoms with Crippen LogP contribution in [0.2, 0.25) is 0 Å². The number of carboxylic acid groups (broad SMARTS) is 1. The molecular weight excluding hydrogens is 218 g/mol. The van der Waals surface area contributed by atoms with Crippen molar-refractivity contribution in [3.8, 4) is 0 Å². The molecule has 1 aromatic carbocycles. The topological polar surface area (TPSA) is 60.8 Å². The lowest BCUT2D eigenvalue weighted by molar-refractivity contribution is -0.143. The van der Waals surface area contributed by atoms with Crippen molar-refractivity contribution in [1.82, 2.24) is 4.90 Å². The molecule has 1 atom stereocenters. The Balaban J connectivity index is 2.93. The molecule has 0 amide bonds. The average molecular weight is 237 g/mol. The van der Waals surface area contributed by atoms with Gasteiger partial charge in [-0.2, -0.15) is 0 Å². The smallest absolute Gasteiger partial charge is 0.325 e. The highest BCUT2D eigenvalue weighted by Gasteiger charge is 2.23. The fourth-order valence-electron chi connectivity index (χ4n) is 1.81. The lowest BCUT2D eigenvalue weighted by atomic mass is 10.0. The van der Waals surface area contributed by atoms with Crippen LogP contribution in [0.25, 0.3) is 0 Å². The number of hydrogen-bond acceptors (Lipinski definition) is 3. The van der Waals surface area contributed by atoms with Crippen molar-refractivity contribution >= 4 is 5.97 Å². The quantitative estimate of drug-likeness (QED) is 0.783. The van der Waals surface area contributed by atoms with Gasteiger partial charge in [-0.3, -0.25) is 9.69 Å². The van der Waals surface area contributed by atoms with Gasteiger partial charge >= 0.3 is 5.97 Å². The highest BCUT2D eigenvalue weighted by molar-refractivity contribution is 5.75. The van der Waals surface area contributed by atoms with Gasteiger partial charge in [0.1, 0.15) is 6.04 Å². The maximum absolute atomic E-state index is 11.2. The zero-order valence-corrected chi connectivity index (χ0v) is 10.3. The van der Waals surface area contributed by atoms with Crippen molar-refractivity contribution in [1.29, 1.82) is 0 Å². The molecule has 4 nitrogen and oxygen atoms in total. The Morgan fingerprint density at radius 2 is 1.94 bits per heavy atom. The van der Waals surface area contributed by atoms with Crippen molar-refractivity contribution < 1.29 is 15.0 Å². The number of carboxylic acids is 1. The van der Waals surface area contributed by atoms with Crippen LogP contribution in [0.15, 0.2) is 24.3 Å². The van der Waals surface area contributed by atoms with Gasteiger partial charge in [-0.05, 0) is 24.6 Å². The molecule has 0 bridgehead atoms. The van der Waals surface area contributed by atoms with E-state index in [4.69, 9.17) is 5.11 Å². The lowest BCUT2D eigenvalue weighted by Crippen LogP contribution is -2.32. The first-order valence-corrected chi connectivity index (χ1v) is 5.72. The van der Waals surface area contributed by atoms with Gasteiger partial charge in [0.05, 0.1) is 6.61 Å². The number of likely N-dealkylation sites (N-methyl/N-ethyl adjacent to an activating group) is 1. The predicted octanol–water partition coefficient (Wildman–Crippen LogP) is 1.30. The third-order valence-electron chi connectivity index (χ3n) is 2.83. The molecule has 4 heteroatoms. The third kappa shape index (κ3) is 3.54. The van der Waals surface area contributed by atoms with Crippen LogP contribution in [-0.2, 0) is 11.2 Å². The average Bonchev–Trinajstić information content (AvgIpc) is 2.30. The molecule has 0 aliphatic rings. The number of aliphatic hydroxyl groups excluding tert-OH is 1. The number of aryl methyl sites for hydroxylation is 1. The number of benzene rings is 1. The monoisotopic (exact) mass is 237 g/mol. The van der Waals surface area contributed by atoms with E-state index in [0.717, 1.165) is 12.0 Å². The molecule has 1 rings (SSSR count). The van der Waals surface area contributed by atoms with Crippen LogP contribution < -0.4 is 0 Å². The molecule has 1 aromatic rings. The van der Waals surface area contributed by atoms with E-state index >= 15 is 0 Å². The Morgan fingerprint density at radius 3 is 2.35 bits per heavy atom. The molecule has 17 heavy (non-hydrogen) atoms. The van der Waals surface area contributed by atoms with Crippen molar-refractivity contribution in [2.45, 2.75) is 19.4 Å². The van der Waals surface area contributed by atoms with E-state index in [9.17, 15) is 9.90 Å². The summed E-state index contributed by atoms with van der Waals surface area (Å²) in [5, 5.41) is 18.1. The second-order valence-corrected chi connectivity index (χ2v) is 4.04. The molecule has 0 saturated carbocycles. The van der Waals surface area contributed by atoms with Crippen LogP contribution in [-0.4, -0.2) is 41.3 Å². The summed E-state index contributed by atoms with van der Waals surface area (Å²) in [6, 6.07) is 6.86. The summed E-state index contributed by atoms with van der Waals surface area (Å²) in [5.41, 5.74) is 1.92. The fraction of sp³-hybridized carbons (Fsp3) is 0.462. The van der Waals surface area contributed by atoms with Crippen molar-refractivity contribution in [3.05, 3.63) is 35.4 Å². The summed E-state index contributed by atoms with van der Waals surface area (Å²) in [5.74, 6) is -0.898. The van der Waals surface area contributed by atoms with Crippen LogP contribution in [0.5, 0.6) is 0 Å². The summed E-state index contributed by atoms with van der Waals surface area (Å²) in [6.45, 7) is 2.35. The van der Waals surface area contributed by atoms with Crippen LogP contribution in [0.3, 0.4) is 0 Å². The maximum Gasteiger partial charge on any atom is 0.325 e. The van der Waals surface area contributed by atoms with Gasteiger partial charge in [-0.15, -0.1) is 0 Å². The minimum atomic E-state index is -0.898. The van der Waals surface area contributed by atoms with Gasteiger partial charge in [-0.25, -0.2) is 0 Å². The summed E-state index contributed by atoms with van der Waals surface area (Å²) >= 11 is 0. The zero-order chi connectivity index (χ0) is 12.8. The first kappa shape index (κ1) is 13.7. The molecule has 94 valence electrons. The van der Waals surface area contributed by atoms with Crippen LogP contribution >= 0.6 is 0 Å². The lowest BCUT2D eigenvalue weighted by Gasteiger charge is -2.24. The standard InChI is InChI=1S/C13H19NO3/c1-3-10-4-6-11(7-5-10)12(13(16)17)14(2)8-9-15/h4-7,12,15H,3,8-9H2,1-2H3,(H,16,17). The molecule has 0 aromatic heterocycles.